The third-order valence-corrected chi connectivity index (χ3v) is 6.72. The minimum absolute atomic E-state index is 0.277. The summed E-state index contributed by atoms with van der Waals surface area (Å²) in [6.45, 7) is 9.86. The molecule has 0 aliphatic carbocycles. The predicted octanol–water partition coefficient (Wildman–Crippen LogP) is 4.66. The van der Waals surface area contributed by atoms with Gasteiger partial charge in [-0.05, 0) is 89.5 Å². The van der Waals surface area contributed by atoms with E-state index in [0.29, 0.717) is 0 Å². The SMILES string of the molecule is CN(C)Cc1ccc(C(O[Si](C)(C)C)(c2ccc(CN(C)C)cc2)C2CCCN2)cc1. The molecule has 2 aromatic carbocycles. The molecule has 0 bridgehead atoms. The molecular formula is C26H41N3OSi. The van der Waals surface area contributed by atoms with E-state index in [1.807, 2.05) is 0 Å². The van der Waals surface area contributed by atoms with Gasteiger partial charge in [0, 0.05) is 19.1 Å². The quantitative estimate of drug-likeness (QED) is 0.575. The minimum Gasteiger partial charge on any atom is -0.403 e. The highest BCUT2D eigenvalue weighted by molar-refractivity contribution is 6.69. The Morgan fingerprint density at radius 2 is 1.29 bits per heavy atom. The molecular weight excluding hydrogens is 398 g/mol. The van der Waals surface area contributed by atoms with Crippen molar-refractivity contribution in [3.05, 3.63) is 70.8 Å². The van der Waals surface area contributed by atoms with E-state index in [4.69, 9.17) is 4.43 Å². The molecule has 0 saturated carbocycles. The monoisotopic (exact) mass is 439 g/mol. The van der Waals surface area contributed by atoms with E-state index in [9.17, 15) is 0 Å². The zero-order valence-corrected chi connectivity index (χ0v) is 21.5. The Morgan fingerprint density at radius 3 is 1.61 bits per heavy atom. The first-order chi connectivity index (χ1) is 14.6. The first-order valence-electron chi connectivity index (χ1n) is 11.5. The van der Waals surface area contributed by atoms with Crippen LogP contribution in [0.25, 0.3) is 0 Å². The van der Waals surface area contributed by atoms with Crippen LogP contribution in [-0.2, 0) is 23.1 Å². The zero-order valence-electron chi connectivity index (χ0n) is 20.5. The van der Waals surface area contributed by atoms with E-state index in [1.54, 1.807) is 0 Å². The molecule has 0 radical (unpaired) electrons. The second-order valence-corrected chi connectivity index (χ2v) is 14.9. The van der Waals surface area contributed by atoms with E-state index in [-0.39, 0.29) is 6.04 Å². The minimum atomic E-state index is -1.86. The highest BCUT2D eigenvalue weighted by Crippen LogP contribution is 2.42. The molecule has 0 amide bonds. The summed E-state index contributed by atoms with van der Waals surface area (Å²) in [7, 11) is 6.60. The van der Waals surface area contributed by atoms with E-state index in [0.717, 1.165) is 26.1 Å². The van der Waals surface area contributed by atoms with Crippen LogP contribution in [0.2, 0.25) is 19.6 Å². The molecule has 1 aliphatic heterocycles. The van der Waals surface area contributed by atoms with Crippen LogP contribution < -0.4 is 5.32 Å². The molecule has 1 fully saturated rings. The standard InChI is InChI=1S/C26H41N3OSi/c1-28(2)19-21-10-14-23(15-11-21)26(30-31(5,6)7,25-9-8-18-27-25)24-16-12-22(13-17-24)20-29(3)4/h10-17,25,27H,8-9,18-20H2,1-7H3. The van der Waals surface area contributed by atoms with Gasteiger partial charge in [-0.2, -0.15) is 0 Å². The van der Waals surface area contributed by atoms with Crippen molar-refractivity contribution in [2.75, 3.05) is 34.7 Å². The molecule has 1 unspecified atom stereocenters. The highest BCUT2D eigenvalue weighted by atomic mass is 28.4. The molecule has 1 saturated heterocycles. The molecule has 3 rings (SSSR count). The van der Waals surface area contributed by atoms with Crippen molar-refractivity contribution in [1.82, 2.24) is 15.1 Å². The van der Waals surface area contributed by atoms with E-state index >= 15 is 0 Å². The van der Waals surface area contributed by atoms with Crippen LogP contribution in [0, 0.1) is 0 Å². The van der Waals surface area contributed by atoms with Gasteiger partial charge in [0.15, 0.2) is 8.32 Å². The summed E-state index contributed by atoms with van der Waals surface area (Å²) in [6.07, 6.45) is 2.32. The smallest absolute Gasteiger partial charge is 0.185 e. The molecule has 2 aromatic rings. The van der Waals surface area contributed by atoms with E-state index < -0.39 is 13.9 Å². The van der Waals surface area contributed by atoms with Gasteiger partial charge in [0.2, 0.25) is 0 Å². The Labute approximate surface area is 190 Å². The molecule has 1 heterocycles. The number of nitrogens with zero attached hydrogens (tertiary/aromatic N) is 2. The molecule has 5 heteroatoms. The van der Waals surface area contributed by atoms with E-state index in [2.05, 4.69) is 111 Å². The molecule has 1 N–H and O–H groups in total. The number of rotatable bonds is 9. The van der Waals surface area contributed by atoms with Crippen LogP contribution >= 0.6 is 0 Å². The number of hydrogen-bond donors (Lipinski definition) is 1. The van der Waals surface area contributed by atoms with Crippen molar-refractivity contribution in [3.63, 3.8) is 0 Å². The van der Waals surface area contributed by atoms with Gasteiger partial charge in [-0.25, -0.2) is 0 Å². The van der Waals surface area contributed by atoms with Crippen molar-refractivity contribution >= 4 is 8.32 Å². The molecule has 31 heavy (non-hydrogen) atoms. The number of nitrogens with one attached hydrogen (secondary N) is 1. The van der Waals surface area contributed by atoms with Gasteiger partial charge in [0.25, 0.3) is 0 Å². The maximum Gasteiger partial charge on any atom is 0.185 e. The zero-order chi connectivity index (χ0) is 22.6. The average Bonchev–Trinajstić information content (AvgIpc) is 3.21. The van der Waals surface area contributed by atoms with Crippen molar-refractivity contribution < 1.29 is 4.43 Å². The summed E-state index contributed by atoms with van der Waals surface area (Å²) in [4.78, 5) is 4.42. The van der Waals surface area contributed by atoms with Gasteiger partial charge in [0.1, 0.15) is 5.60 Å². The van der Waals surface area contributed by atoms with Crippen LogP contribution in [0.15, 0.2) is 48.5 Å². The number of hydrogen-bond acceptors (Lipinski definition) is 4. The Morgan fingerprint density at radius 1 is 0.839 bits per heavy atom. The molecule has 0 spiro atoms. The van der Waals surface area contributed by atoms with Gasteiger partial charge in [-0.15, -0.1) is 0 Å². The van der Waals surface area contributed by atoms with Gasteiger partial charge >= 0.3 is 0 Å². The van der Waals surface area contributed by atoms with Crippen molar-refractivity contribution in [1.29, 1.82) is 0 Å². The third-order valence-electron chi connectivity index (χ3n) is 5.78. The molecule has 1 aliphatic rings. The summed E-state index contributed by atoms with van der Waals surface area (Å²) in [6, 6.07) is 18.6. The normalized spacial score (nSPS) is 17.6. The Hall–Kier alpha value is -1.50. The molecule has 1 atom stereocenters. The maximum absolute atomic E-state index is 7.18. The number of benzene rings is 2. The molecule has 4 nitrogen and oxygen atoms in total. The van der Waals surface area contributed by atoms with Crippen LogP contribution in [0.3, 0.4) is 0 Å². The first-order valence-corrected chi connectivity index (χ1v) is 14.9. The van der Waals surface area contributed by atoms with Gasteiger partial charge in [-0.3, -0.25) is 0 Å². The molecule has 170 valence electrons. The Balaban J connectivity index is 2.11. The highest BCUT2D eigenvalue weighted by Gasteiger charge is 2.47. The summed E-state index contributed by atoms with van der Waals surface area (Å²) in [5, 5.41) is 3.79. The van der Waals surface area contributed by atoms with E-state index in [1.165, 1.54) is 28.7 Å². The lowest BCUT2D eigenvalue weighted by molar-refractivity contribution is 0.0639. The second kappa shape index (κ2) is 9.97. The fourth-order valence-electron chi connectivity index (χ4n) is 4.72. The fraction of sp³-hybridized carbons (Fsp3) is 0.538. The Bertz CT molecular complexity index is 766. The van der Waals surface area contributed by atoms with Crippen molar-refractivity contribution in [3.8, 4) is 0 Å². The Kier molecular flexibility index (Phi) is 7.76. The van der Waals surface area contributed by atoms with Crippen LogP contribution in [0.5, 0.6) is 0 Å². The second-order valence-electron chi connectivity index (χ2n) is 10.5. The van der Waals surface area contributed by atoms with Crippen molar-refractivity contribution in [2.45, 2.75) is 57.2 Å². The predicted molar refractivity (Wildman–Crippen MR) is 134 cm³/mol. The van der Waals surface area contributed by atoms with Gasteiger partial charge < -0.3 is 19.5 Å². The summed E-state index contributed by atoms with van der Waals surface area (Å²) < 4.78 is 7.18. The lowest BCUT2D eigenvalue weighted by Crippen LogP contribution is -2.53. The summed E-state index contributed by atoms with van der Waals surface area (Å²) in [5.74, 6) is 0. The lowest BCUT2D eigenvalue weighted by atomic mass is 9.79. The van der Waals surface area contributed by atoms with Crippen LogP contribution in [0.4, 0.5) is 0 Å². The average molecular weight is 440 g/mol. The third kappa shape index (κ3) is 6.05. The fourth-order valence-corrected chi connectivity index (χ4v) is 6.06. The van der Waals surface area contributed by atoms with Gasteiger partial charge in [0.05, 0.1) is 0 Å². The lowest BCUT2D eigenvalue weighted by Gasteiger charge is -2.44. The summed E-state index contributed by atoms with van der Waals surface area (Å²) >= 11 is 0. The van der Waals surface area contributed by atoms with Crippen LogP contribution in [-0.4, -0.2) is 58.9 Å². The summed E-state index contributed by atoms with van der Waals surface area (Å²) in [5.41, 5.74) is 4.72. The van der Waals surface area contributed by atoms with Gasteiger partial charge in [-0.1, -0.05) is 48.5 Å². The van der Waals surface area contributed by atoms with Crippen LogP contribution in [0.1, 0.15) is 35.1 Å². The van der Waals surface area contributed by atoms with Crippen molar-refractivity contribution in [2.24, 2.45) is 0 Å². The maximum atomic E-state index is 7.18. The topological polar surface area (TPSA) is 27.7 Å². The first kappa shape index (κ1) is 24.1. The molecule has 0 aromatic heterocycles. The largest absolute Gasteiger partial charge is 0.403 e.